The number of thiocarbonyl (C=S) groups is 1. The molecule has 5 rings (SSSR count). The smallest absolute Gasteiger partial charge is 0.293 e. The predicted octanol–water partition coefficient (Wildman–Crippen LogP) is 6.29. The van der Waals surface area contributed by atoms with Gasteiger partial charge in [-0.2, -0.15) is 0 Å². The van der Waals surface area contributed by atoms with Gasteiger partial charge in [-0.15, -0.1) is 0 Å². The fourth-order valence-electron chi connectivity index (χ4n) is 3.61. The second kappa shape index (κ2) is 8.18. The fraction of sp³-hybridized carbons (Fsp3) is 0.115. The number of nitrogens with zero attached hydrogens (tertiary/aromatic N) is 1. The molecule has 0 spiro atoms. The number of fused-ring (bicyclic) bond motifs is 2. The van der Waals surface area contributed by atoms with Crippen LogP contribution in [0.4, 0.5) is 5.69 Å². The van der Waals surface area contributed by atoms with Crippen LogP contribution in [0.15, 0.2) is 69.5 Å². The van der Waals surface area contributed by atoms with E-state index in [1.54, 1.807) is 6.07 Å². The van der Waals surface area contributed by atoms with Crippen LogP contribution in [0.2, 0.25) is 0 Å². The summed E-state index contributed by atoms with van der Waals surface area (Å²) in [4.78, 5) is 17.2. The number of rotatable bonds is 3. The van der Waals surface area contributed by atoms with Gasteiger partial charge in [-0.25, -0.2) is 4.98 Å². The SMILES string of the molecule is Cc1cc2nc(-c3ccc(C)c(NC(=S)NC(=O)c4cc5ccccc5o4)c3)oc2cc1C. The molecule has 0 bridgehead atoms. The van der Waals surface area contributed by atoms with Crippen molar-refractivity contribution in [3.63, 3.8) is 0 Å². The molecule has 0 aliphatic carbocycles. The summed E-state index contributed by atoms with van der Waals surface area (Å²) in [7, 11) is 0. The van der Waals surface area contributed by atoms with E-state index in [2.05, 4.69) is 22.5 Å². The van der Waals surface area contributed by atoms with E-state index in [9.17, 15) is 4.79 Å². The van der Waals surface area contributed by atoms with Gasteiger partial charge in [-0.3, -0.25) is 10.1 Å². The number of hydrogen-bond donors (Lipinski definition) is 2. The Hall–Kier alpha value is -3.97. The highest BCUT2D eigenvalue weighted by Gasteiger charge is 2.15. The largest absolute Gasteiger partial charge is 0.451 e. The minimum Gasteiger partial charge on any atom is -0.451 e. The summed E-state index contributed by atoms with van der Waals surface area (Å²) in [6.45, 7) is 6.05. The van der Waals surface area contributed by atoms with E-state index in [4.69, 9.17) is 21.1 Å². The quantitative estimate of drug-likeness (QED) is 0.311. The van der Waals surface area contributed by atoms with Crippen LogP contribution in [0.5, 0.6) is 0 Å². The summed E-state index contributed by atoms with van der Waals surface area (Å²) in [5.41, 5.74) is 7.04. The van der Waals surface area contributed by atoms with Crippen LogP contribution in [-0.4, -0.2) is 16.0 Å². The van der Waals surface area contributed by atoms with Crippen molar-refractivity contribution in [3.05, 3.63) is 83.1 Å². The molecule has 0 saturated carbocycles. The van der Waals surface area contributed by atoms with E-state index >= 15 is 0 Å². The molecule has 7 heteroatoms. The van der Waals surface area contributed by atoms with Crippen LogP contribution in [-0.2, 0) is 0 Å². The topological polar surface area (TPSA) is 80.3 Å². The average Bonchev–Trinajstić information content (AvgIpc) is 3.39. The van der Waals surface area contributed by atoms with E-state index in [0.717, 1.165) is 38.9 Å². The summed E-state index contributed by atoms with van der Waals surface area (Å²) in [5.74, 6) is 0.306. The monoisotopic (exact) mass is 455 g/mol. The van der Waals surface area contributed by atoms with Gasteiger partial charge < -0.3 is 14.2 Å². The summed E-state index contributed by atoms with van der Waals surface area (Å²) in [5, 5.41) is 6.80. The number of furan rings is 1. The molecule has 6 nitrogen and oxygen atoms in total. The van der Waals surface area contributed by atoms with Crippen molar-refractivity contribution in [3.8, 4) is 11.5 Å². The first-order valence-corrected chi connectivity index (χ1v) is 10.9. The molecule has 0 atom stereocenters. The maximum Gasteiger partial charge on any atom is 0.293 e. The third-order valence-corrected chi connectivity index (χ3v) is 5.82. The molecule has 0 unspecified atom stereocenters. The Morgan fingerprint density at radius 1 is 0.879 bits per heavy atom. The zero-order valence-electron chi connectivity index (χ0n) is 18.4. The van der Waals surface area contributed by atoms with Crippen molar-refractivity contribution in [2.75, 3.05) is 5.32 Å². The standard InChI is InChI=1S/C26H21N3O3S/c1-14-8-9-18(25-27-20-10-15(2)16(3)11-22(20)32-25)12-19(14)28-26(33)29-24(30)23-13-17-6-4-5-7-21(17)31-23/h4-13H,1-3H3,(H2,28,29,30,33). The molecule has 0 fully saturated rings. The zero-order chi connectivity index (χ0) is 23.1. The third-order valence-electron chi connectivity index (χ3n) is 5.61. The first-order chi connectivity index (χ1) is 15.9. The van der Waals surface area contributed by atoms with Gasteiger partial charge in [0.1, 0.15) is 11.1 Å². The van der Waals surface area contributed by atoms with Crippen molar-refractivity contribution in [1.29, 1.82) is 0 Å². The lowest BCUT2D eigenvalue weighted by atomic mass is 10.1. The number of para-hydroxylation sites is 1. The highest BCUT2D eigenvalue weighted by atomic mass is 32.1. The Labute approximate surface area is 195 Å². The molecule has 3 aromatic carbocycles. The van der Waals surface area contributed by atoms with E-state index in [-0.39, 0.29) is 10.9 Å². The number of carbonyl (C=O) groups is 1. The lowest BCUT2D eigenvalue weighted by molar-refractivity contribution is 0.0953. The van der Waals surface area contributed by atoms with Gasteiger partial charge in [0.25, 0.3) is 5.91 Å². The first-order valence-electron chi connectivity index (χ1n) is 10.5. The minimum absolute atomic E-state index is 0.171. The molecule has 5 aromatic rings. The molecule has 2 N–H and O–H groups in total. The lowest BCUT2D eigenvalue weighted by Gasteiger charge is -2.12. The second-order valence-corrected chi connectivity index (χ2v) is 8.42. The number of carbonyl (C=O) groups excluding carboxylic acids is 1. The van der Waals surface area contributed by atoms with Crippen LogP contribution in [0, 0.1) is 20.8 Å². The number of nitrogens with one attached hydrogen (secondary N) is 2. The molecule has 33 heavy (non-hydrogen) atoms. The van der Waals surface area contributed by atoms with Crippen molar-refractivity contribution in [2.24, 2.45) is 0 Å². The van der Waals surface area contributed by atoms with E-state index in [0.29, 0.717) is 11.5 Å². The molecule has 0 saturated heterocycles. The number of aromatic nitrogens is 1. The number of anilines is 1. The van der Waals surface area contributed by atoms with Crippen LogP contribution in [0.25, 0.3) is 33.5 Å². The molecular weight excluding hydrogens is 434 g/mol. The molecule has 2 heterocycles. The van der Waals surface area contributed by atoms with Gasteiger partial charge in [-0.05, 0) is 86.1 Å². The zero-order valence-corrected chi connectivity index (χ0v) is 19.2. The van der Waals surface area contributed by atoms with Crippen molar-refractivity contribution in [1.82, 2.24) is 10.3 Å². The van der Waals surface area contributed by atoms with Gasteiger partial charge in [0.2, 0.25) is 5.89 Å². The Balaban J connectivity index is 1.35. The number of aryl methyl sites for hydroxylation is 3. The highest BCUT2D eigenvalue weighted by Crippen LogP contribution is 2.29. The minimum atomic E-state index is -0.415. The molecule has 164 valence electrons. The third kappa shape index (κ3) is 4.10. The molecule has 0 aliphatic heterocycles. The summed E-state index contributed by atoms with van der Waals surface area (Å²) >= 11 is 5.37. The van der Waals surface area contributed by atoms with Crippen LogP contribution in [0.3, 0.4) is 0 Å². The van der Waals surface area contributed by atoms with E-state index in [1.165, 1.54) is 5.56 Å². The maximum atomic E-state index is 12.6. The fourth-order valence-corrected chi connectivity index (χ4v) is 3.81. The molecule has 2 aromatic heterocycles. The average molecular weight is 456 g/mol. The number of oxazole rings is 1. The van der Waals surface area contributed by atoms with Gasteiger partial charge in [0.15, 0.2) is 16.5 Å². The molecule has 1 amide bonds. The van der Waals surface area contributed by atoms with Crippen molar-refractivity contribution >= 4 is 51.0 Å². The first kappa shape index (κ1) is 20.9. The normalized spacial score (nSPS) is 11.1. The maximum absolute atomic E-state index is 12.6. The summed E-state index contributed by atoms with van der Waals surface area (Å²) < 4.78 is 11.6. The highest BCUT2D eigenvalue weighted by molar-refractivity contribution is 7.80. The van der Waals surface area contributed by atoms with Gasteiger partial charge in [0.05, 0.1) is 0 Å². The summed E-state index contributed by atoms with van der Waals surface area (Å²) in [6, 6.07) is 18.9. The van der Waals surface area contributed by atoms with Gasteiger partial charge in [0, 0.05) is 16.6 Å². The summed E-state index contributed by atoms with van der Waals surface area (Å²) in [6.07, 6.45) is 0. The number of benzene rings is 3. The Bertz CT molecular complexity index is 1480. The van der Waals surface area contributed by atoms with E-state index < -0.39 is 5.91 Å². The second-order valence-electron chi connectivity index (χ2n) is 8.01. The van der Waals surface area contributed by atoms with E-state index in [1.807, 2.05) is 68.4 Å². The predicted molar refractivity (Wildman–Crippen MR) is 134 cm³/mol. The Morgan fingerprint density at radius 2 is 1.67 bits per heavy atom. The number of amides is 1. The molecule has 0 aliphatic rings. The lowest BCUT2D eigenvalue weighted by Crippen LogP contribution is -2.34. The molecule has 0 radical (unpaired) electrons. The van der Waals surface area contributed by atoms with Crippen LogP contribution in [0.1, 0.15) is 27.2 Å². The van der Waals surface area contributed by atoms with Gasteiger partial charge >= 0.3 is 0 Å². The van der Waals surface area contributed by atoms with Crippen molar-refractivity contribution < 1.29 is 13.6 Å². The van der Waals surface area contributed by atoms with Crippen LogP contribution < -0.4 is 10.6 Å². The molecular formula is C26H21N3O3S. The Morgan fingerprint density at radius 3 is 2.48 bits per heavy atom. The van der Waals surface area contributed by atoms with Crippen molar-refractivity contribution in [2.45, 2.75) is 20.8 Å². The number of hydrogen-bond acceptors (Lipinski definition) is 5. The van der Waals surface area contributed by atoms with Crippen LogP contribution >= 0.6 is 12.2 Å². The Kier molecular flexibility index (Phi) is 5.18. The van der Waals surface area contributed by atoms with Gasteiger partial charge in [-0.1, -0.05) is 24.3 Å².